The van der Waals surface area contributed by atoms with Gasteiger partial charge in [-0.15, -0.1) is 0 Å². The van der Waals surface area contributed by atoms with Crippen LogP contribution in [0.25, 0.3) is 0 Å². The molecule has 0 aliphatic heterocycles. The lowest BCUT2D eigenvalue weighted by Crippen LogP contribution is -2.16. The highest BCUT2D eigenvalue weighted by molar-refractivity contribution is 5.94. The van der Waals surface area contributed by atoms with Crippen molar-refractivity contribution in [3.05, 3.63) is 36.8 Å². The number of rotatable bonds is 4. The van der Waals surface area contributed by atoms with E-state index in [4.69, 9.17) is 5.11 Å². The highest BCUT2D eigenvalue weighted by Crippen LogP contribution is 2.16. The van der Waals surface area contributed by atoms with Crippen molar-refractivity contribution < 1.29 is 9.90 Å². The van der Waals surface area contributed by atoms with Crippen molar-refractivity contribution in [3.8, 4) is 0 Å². The molecule has 1 rings (SSSR count). The van der Waals surface area contributed by atoms with Gasteiger partial charge in [0.25, 0.3) is 0 Å². The van der Waals surface area contributed by atoms with Gasteiger partial charge in [-0.3, -0.25) is 0 Å². The van der Waals surface area contributed by atoms with Gasteiger partial charge in [0.05, 0.1) is 5.56 Å². The number of benzene rings is 1. The second-order valence-electron chi connectivity index (χ2n) is 3.18. The molecule has 1 aromatic carbocycles. The number of carboxylic acids is 1. The van der Waals surface area contributed by atoms with E-state index in [1.807, 2.05) is 13.0 Å². The molecule has 0 bridgehead atoms. The Labute approximate surface area is 83.8 Å². The normalized spacial score (nSPS) is 12.1. The Hall–Kier alpha value is -1.51. The maximum absolute atomic E-state index is 10.8. The predicted molar refractivity (Wildman–Crippen MR) is 56.5 cm³/mol. The fraction of sp³-hybridized carbons (Fsp3) is 0.273. The fourth-order valence-electron chi connectivity index (χ4n) is 1.13. The zero-order chi connectivity index (χ0) is 10.6. The molecule has 0 saturated heterocycles. The summed E-state index contributed by atoms with van der Waals surface area (Å²) in [6, 6.07) is 7.04. The smallest absolute Gasteiger partial charge is 0.337 e. The van der Waals surface area contributed by atoms with E-state index in [-0.39, 0.29) is 6.04 Å². The molecule has 1 unspecified atom stereocenters. The first-order chi connectivity index (χ1) is 6.65. The summed E-state index contributed by atoms with van der Waals surface area (Å²) in [5, 5.41) is 12.0. The van der Waals surface area contributed by atoms with Crippen LogP contribution in [-0.2, 0) is 0 Å². The van der Waals surface area contributed by atoms with E-state index >= 15 is 0 Å². The van der Waals surface area contributed by atoms with Gasteiger partial charge in [-0.1, -0.05) is 19.1 Å². The van der Waals surface area contributed by atoms with Crippen molar-refractivity contribution in [3.63, 3.8) is 0 Å². The standard InChI is InChI=1S/C11H14NO2/c1-3-8(2)12-10-7-5-4-6-9(10)11(13)14/h4-8,12H,1,3H2,2H3,(H,13,14). The van der Waals surface area contributed by atoms with E-state index in [0.717, 1.165) is 0 Å². The summed E-state index contributed by atoms with van der Waals surface area (Å²) >= 11 is 0. The van der Waals surface area contributed by atoms with Crippen LogP contribution in [0.2, 0.25) is 0 Å². The maximum Gasteiger partial charge on any atom is 0.337 e. The number of aromatic carboxylic acids is 1. The highest BCUT2D eigenvalue weighted by Gasteiger charge is 2.09. The van der Waals surface area contributed by atoms with Crippen LogP contribution < -0.4 is 5.32 Å². The third kappa shape index (κ3) is 2.49. The Morgan fingerprint density at radius 1 is 1.57 bits per heavy atom. The first-order valence-corrected chi connectivity index (χ1v) is 4.53. The van der Waals surface area contributed by atoms with Crippen molar-refractivity contribution >= 4 is 11.7 Å². The molecule has 3 heteroatoms. The molecule has 1 atom stereocenters. The number of hydrogen-bond donors (Lipinski definition) is 2. The van der Waals surface area contributed by atoms with Crippen LogP contribution >= 0.6 is 0 Å². The van der Waals surface area contributed by atoms with E-state index in [9.17, 15) is 4.79 Å². The van der Waals surface area contributed by atoms with Crippen molar-refractivity contribution in [1.82, 2.24) is 0 Å². The van der Waals surface area contributed by atoms with E-state index < -0.39 is 5.97 Å². The van der Waals surface area contributed by atoms with Crippen molar-refractivity contribution in [2.24, 2.45) is 0 Å². The number of anilines is 1. The van der Waals surface area contributed by atoms with Crippen LogP contribution in [0.1, 0.15) is 23.7 Å². The SMILES string of the molecule is [CH2]CC(C)Nc1ccccc1C(=O)O. The van der Waals surface area contributed by atoms with E-state index in [1.54, 1.807) is 18.2 Å². The molecule has 1 aromatic rings. The van der Waals surface area contributed by atoms with Gasteiger partial charge in [0.1, 0.15) is 0 Å². The second-order valence-corrected chi connectivity index (χ2v) is 3.18. The number of carbonyl (C=O) groups is 1. The minimum Gasteiger partial charge on any atom is -0.478 e. The molecule has 0 fully saturated rings. The third-order valence-electron chi connectivity index (χ3n) is 1.99. The first-order valence-electron chi connectivity index (χ1n) is 4.53. The van der Waals surface area contributed by atoms with Gasteiger partial charge in [-0.2, -0.15) is 0 Å². The first kappa shape index (κ1) is 10.6. The van der Waals surface area contributed by atoms with Crippen molar-refractivity contribution in [1.29, 1.82) is 0 Å². The predicted octanol–water partition coefficient (Wildman–Crippen LogP) is 2.41. The molecule has 0 aromatic heterocycles. The van der Waals surface area contributed by atoms with E-state index in [0.29, 0.717) is 17.7 Å². The summed E-state index contributed by atoms with van der Waals surface area (Å²) in [6.45, 7) is 5.71. The minimum absolute atomic E-state index is 0.176. The van der Waals surface area contributed by atoms with Gasteiger partial charge >= 0.3 is 5.97 Å². The molecule has 2 N–H and O–H groups in total. The molecule has 14 heavy (non-hydrogen) atoms. The van der Waals surface area contributed by atoms with Crippen LogP contribution in [0.4, 0.5) is 5.69 Å². The molecule has 0 saturated carbocycles. The molecule has 75 valence electrons. The van der Waals surface area contributed by atoms with Gasteiger partial charge in [-0.05, 0) is 25.5 Å². The summed E-state index contributed by atoms with van der Waals surface area (Å²) < 4.78 is 0. The van der Waals surface area contributed by atoms with Crippen LogP contribution in [0.5, 0.6) is 0 Å². The Morgan fingerprint density at radius 2 is 2.21 bits per heavy atom. The Balaban J connectivity index is 2.90. The summed E-state index contributed by atoms with van der Waals surface area (Å²) in [5.41, 5.74) is 0.948. The molecule has 0 aliphatic carbocycles. The summed E-state index contributed by atoms with van der Waals surface area (Å²) in [4.78, 5) is 10.8. The van der Waals surface area contributed by atoms with Gasteiger partial charge in [-0.25, -0.2) is 4.79 Å². The van der Waals surface area contributed by atoms with Crippen molar-refractivity contribution in [2.45, 2.75) is 19.4 Å². The molecule has 0 spiro atoms. The van der Waals surface area contributed by atoms with Crippen LogP contribution in [0, 0.1) is 6.92 Å². The van der Waals surface area contributed by atoms with Gasteiger partial charge in [0.2, 0.25) is 0 Å². The van der Waals surface area contributed by atoms with E-state index in [1.165, 1.54) is 0 Å². The topological polar surface area (TPSA) is 49.3 Å². The molecular formula is C11H14NO2. The van der Waals surface area contributed by atoms with Crippen LogP contribution in [0.3, 0.4) is 0 Å². The largest absolute Gasteiger partial charge is 0.478 e. The summed E-state index contributed by atoms with van der Waals surface area (Å²) in [5.74, 6) is -0.913. The minimum atomic E-state index is -0.913. The average molecular weight is 192 g/mol. The number of hydrogen-bond acceptors (Lipinski definition) is 2. The maximum atomic E-state index is 10.8. The van der Waals surface area contributed by atoms with Crippen LogP contribution in [-0.4, -0.2) is 17.1 Å². The molecule has 0 amide bonds. The second kappa shape index (κ2) is 4.65. The molecule has 3 nitrogen and oxygen atoms in total. The Bertz CT molecular complexity index is 323. The Kier molecular flexibility index (Phi) is 3.51. The van der Waals surface area contributed by atoms with Gasteiger partial charge < -0.3 is 10.4 Å². The molecular weight excluding hydrogens is 178 g/mol. The quantitative estimate of drug-likeness (QED) is 0.770. The lowest BCUT2D eigenvalue weighted by atomic mass is 10.1. The highest BCUT2D eigenvalue weighted by atomic mass is 16.4. The third-order valence-corrected chi connectivity index (χ3v) is 1.99. The van der Waals surface area contributed by atoms with Gasteiger partial charge in [0, 0.05) is 11.7 Å². The number of carboxylic acid groups (broad SMARTS) is 1. The number of para-hydroxylation sites is 1. The molecule has 1 radical (unpaired) electrons. The molecule has 0 aliphatic rings. The Morgan fingerprint density at radius 3 is 2.79 bits per heavy atom. The van der Waals surface area contributed by atoms with Crippen LogP contribution in [0.15, 0.2) is 24.3 Å². The monoisotopic (exact) mass is 192 g/mol. The van der Waals surface area contributed by atoms with E-state index in [2.05, 4.69) is 12.2 Å². The van der Waals surface area contributed by atoms with Crippen molar-refractivity contribution in [2.75, 3.05) is 5.32 Å². The lowest BCUT2D eigenvalue weighted by Gasteiger charge is -2.14. The zero-order valence-corrected chi connectivity index (χ0v) is 8.16. The average Bonchev–Trinajstić information content (AvgIpc) is 2.18. The zero-order valence-electron chi connectivity index (χ0n) is 8.16. The summed E-state index contributed by atoms with van der Waals surface area (Å²) in [6.07, 6.45) is 0.716. The lowest BCUT2D eigenvalue weighted by molar-refractivity contribution is 0.0698. The van der Waals surface area contributed by atoms with Gasteiger partial charge in [0.15, 0.2) is 0 Å². The summed E-state index contributed by atoms with van der Waals surface area (Å²) in [7, 11) is 0. The molecule has 0 heterocycles. The number of nitrogens with one attached hydrogen (secondary N) is 1. The fourth-order valence-corrected chi connectivity index (χ4v) is 1.13.